The van der Waals surface area contributed by atoms with Crippen molar-refractivity contribution in [3.63, 3.8) is 0 Å². The van der Waals surface area contributed by atoms with E-state index in [9.17, 15) is 0 Å². The molecule has 0 spiro atoms. The van der Waals surface area contributed by atoms with E-state index in [1.165, 1.54) is 51.4 Å². The highest BCUT2D eigenvalue weighted by Crippen LogP contribution is 2.53. The van der Waals surface area contributed by atoms with Crippen LogP contribution in [0.3, 0.4) is 0 Å². The number of hydrogen-bond donors (Lipinski definition) is 1. The molecule has 3 aliphatic carbocycles. The van der Waals surface area contributed by atoms with Gasteiger partial charge in [0.15, 0.2) is 0 Å². The molecule has 5 unspecified atom stereocenters. The molecule has 2 bridgehead atoms. The zero-order chi connectivity index (χ0) is 15.6. The van der Waals surface area contributed by atoms with Crippen molar-refractivity contribution in [2.45, 2.75) is 92.0 Å². The van der Waals surface area contributed by atoms with Crippen LogP contribution in [0.25, 0.3) is 0 Å². The number of allylic oxidation sites excluding steroid dienone is 1. The average molecular weight is 292 g/mol. The fraction of sp³-hybridized carbons (Fsp3) is 0.900. The van der Waals surface area contributed by atoms with Crippen LogP contribution in [-0.2, 0) is 0 Å². The highest BCUT2D eigenvalue weighted by Gasteiger charge is 2.44. The number of rotatable bonds is 0. The molecular weight excluding hydrogens is 254 g/mol. The van der Waals surface area contributed by atoms with Crippen molar-refractivity contribution in [1.29, 1.82) is 0 Å². The van der Waals surface area contributed by atoms with Gasteiger partial charge in [-0.05, 0) is 68.6 Å². The molecule has 0 heterocycles. The van der Waals surface area contributed by atoms with Crippen LogP contribution in [-0.4, -0.2) is 6.04 Å². The molecular formula is C20H37N. The molecule has 0 radical (unpaired) electrons. The Morgan fingerprint density at radius 2 is 1.81 bits per heavy atom. The summed E-state index contributed by atoms with van der Waals surface area (Å²) >= 11 is 0. The van der Waals surface area contributed by atoms with Crippen molar-refractivity contribution < 1.29 is 0 Å². The van der Waals surface area contributed by atoms with E-state index in [-0.39, 0.29) is 0 Å². The van der Waals surface area contributed by atoms with Gasteiger partial charge in [-0.1, -0.05) is 51.7 Å². The van der Waals surface area contributed by atoms with Gasteiger partial charge >= 0.3 is 0 Å². The van der Waals surface area contributed by atoms with Gasteiger partial charge in [0.1, 0.15) is 0 Å². The van der Waals surface area contributed by atoms with Gasteiger partial charge in [0, 0.05) is 6.04 Å². The van der Waals surface area contributed by atoms with Gasteiger partial charge in [-0.25, -0.2) is 0 Å². The van der Waals surface area contributed by atoms with Crippen LogP contribution in [0, 0.1) is 23.2 Å². The maximum atomic E-state index is 6.60. The van der Waals surface area contributed by atoms with Crippen molar-refractivity contribution >= 4 is 0 Å². The zero-order valence-electron chi connectivity index (χ0n) is 15.0. The van der Waals surface area contributed by atoms with Crippen molar-refractivity contribution in [3.8, 4) is 0 Å². The van der Waals surface area contributed by atoms with Crippen LogP contribution in [0.1, 0.15) is 86.0 Å². The van der Waals surface area contributed by atoms with Crippen LogP contribution in [0.4, 0.5) is 0 Å². The minimum absolute atomic E-state index is 0.382. The Labute approximate surface area is 132 Å². The second kappa shape index (κ2) is 6.86. The van der Waals surface area contributed by atoms with Crippen molar-refractivity contribution in [2.75, 3.05) is 0 Å². The van der Waals surface area contributed by atoms with Gasteiger partial charge in [0.25, 0.3) is 0 Å². The molecule has 1 heteroatoms. The Bertz CT molecular complexity index is 383. The van der Waals surface area contributed by atoms with Crippen molar-refractivity contribution in [3.05, 3.63) is 11.1 Å². The largest absolute Gasteiger partial charge is 0.324 e. The molecule has 0 aliphatic heterocycles. The smallest absolute Gasteiger partial charge is 0.0285 e. The summed E-state index contributed by atoms with van der Waals surface area (Å²) in [4.78, 5) is 0. The van der Waals surface area contributed by atoms with Crippen LogP contribution in [0.5, 0.6) is 0 Å². The first-order chi connectivity index (χ1) is 10.0. The standard InChI is InChI=1S/C18H31N.C2H6/c1-12-6-7-14-11-16-13(2)5-4-9-18(16,3)10-8-15(12)17(14)19;1-2/h13-14,16-17H,4-11,19H2,1-3H3;1-2H3. The highest BCUT2D eigenvalue weighted by molar-refractivity contribution is 5.24. The van der Waals surface area contributed by atoms with Crippen LogP contribution in [0.15, 0.2) is 11.1 Å². The monoisotopic (exact) mass is 291 g/mol. The molecule has 122 valence electrons. The molecule has 0 amide bonds. The maximum absolute atomic E-state index is 6.60. The average Bonchev–Trinajstić information content (AvgIpc) is 2.46. The van der Waals surface area contributed by atoms with Gasteiger partial charge in [-0.15, -0.1) is 0 Å². The summed E-state index contributed by atoms with van der Waals surface area (Å²) in [5.74, 6) is 2.61. The Morgan fingerprint density at radius 1 is 1.10 bits per heavy atom. The van der Waals surface area contributed by atoms with Crippen molar-refractivity contribution in [2.24, 2.45) is 28.9 Å². The highest BCUT2D eigenvalue weighted by atomic mass is 14.7. The molecule has 0 aromatic rings. The molecule has 3 rings (SSSR count). The molecule has 5 atom stereocenters. The second-order valence-electron chi connectivity index (χ2n) is 8.00. The van der Waals surface area contributed by atoms with E-state index in [2.05, 4.69) is 20.8 Å². The van der Waals surface area contributed by atoms with Gasteiger partial charge < -0.3 is 5.73 Å². The molecule has 3 aliphatic rings. The topological polar surface area (TPSA) is 26.0 Å². The SMILES string of the molecule is CC.CC1=C2CCC3(C)CCCC(C)C3CC(CC1)C2N. The first kappa shape index (κ1) is 17.1. The number of hydrogen-bond acceptors (Lipinski definition) is 1. The summed E-state index contributed by atoms with van der Waals surface area (Å²) < 4.78 is 0. The Balaban J connectivity index is 0.000000774. The first-order valence-electron chi connectivity index (χ1n) is 9.45. The second-order valence-corrected chi connectivity index (χ2v) is 8.00. The van der Waals surface area contributed by atoms with Gasteiger partial charge in [0.2, 0.25) is 0 Å². The minimum atomic E-state index is 0.382. The van der Waals surface area contributed by atoms with E-state index in [1.807, 2.05) is 13.8 Å². The third kappa shape index (κ3) is 3.23. The third-order valence-corrected chi connectivity index (χ3v) is 6.86. The molecule has 21 heavy (non-hydrogen) atoms. The summed E-state index contributed by atoms with van der Waals surface area (Å²) in [6.07, 6.45) is 11.1. The number of fused-ring (bicyclic) bond motifs is 3. The number of nitrogens with two attached hydrogens (primary N) is 1. The molecule has 0 saturated heterocycles. The summed E-state index contributed by atoms with van der Waals surface area (Å²) in [5, 5.41) is 0. The van der Waals surface area contributed by atoms with Crippen molar-refractivity contribution in [1.82, 2.24) is 0 Å². The summed E-state index contributed by atoms with van der Waals surface area (Å²) in [6.45, 7) is 11.4. The Morgan fingerprint density at radius 3 is 2.52 bits per heavy atom. The lowest BCUT2D eigenvalue weighted by atomic mass is 9.55. The molecule has 0 aromatic carbocycles. The van der Waals surface area contributed by atoms with Gasteiger partial charge in [-0.3, -0.25) is 0 Å². The zero-order valence-corrected chi connectivity index (χ0v) is 15.0. The summed E-state index contributed by atoms with van der Waals surface area (Å²) in [5.41, 5.74) is 10.4. The van der Waals surface area contributed by atoms with E-state index in [0.29, 0.717) is 11.5 Å². The van der Waals surface area contributed by atoms with E-state index in [4.69, 9.17) is 5.73 Å². The fourth-order valence-electron chi connectivity index (χ4n) is 5.43. The van der Waals surface area contributed by atoms with Gasteiger partial charge in [0.05, 0.1) is 0 Å². The molecule has 2 fully saturated rings. The normalized spacial score (nSPS) is 43.1. The Kier molecular flexibility index (Phi) is 5.57. The van der Waals surface area contributed by atoms with Crippen LogP contribution < -0.4 is 5.73 Å². The molecule has 2 saturated carbocycles. The van der Waals surface area contributed by atoms with E-state index >= 15 is 0 Å². The summed E-state index contributed by atoms with van der Waals surface area (Å²) in [7, 11) is 0. The molecule has 1 nitrogen and oxygen atoms in total. The lowest BCUT2D eigenvalue weighted by molar-refractivity contribution is 0.0258. The van der Waals surface area contributed by atoms with Crippen LogP contribution in [0.2, 0.25) is 0 Å². The third-order valence-electron chi connectivity index (χ3n) is 6.86. The predicted molar refractivity (Wildman–Crippen MR) is 93.2 cm³/mol. The fourth-order valence-corrected chi connectivity index (χ4v) is 5.43. The lowest BCUT2D eigenvalue weighted by Gasteiger charge is -2.50. The quantitative estimate of drug-likeness (QED) is 0.570. The molecule has 0 aromatic heterocycles. The molecule has 2 N–H and O–H groups in total. The summed E-state index contributed by atoms with van der Waals surface area (Å²) in [6, 6.07) is 0.382. The minimum Gasteiger partial charge on any atom is -0.324 e. The maximum Gasteiger partial charge on any atom is 0.0285 e. The van der Waals surface area contributed by atoms with E-state index < -0.39 is 0 Å². The Hall–Kier alpha value is -0.300. The van der Waals surface area contributed by atoms with Gasteiger partial charge in [-0.2, -0.15) is 0 Å². The lowest BCUT2D eigenvalue weighted by Crippen LogP contribution is -2.45. The first-order valence-corrected chi connectivity index (χ1v) is 9.45. The van der Waals surface area contributed by atoms with E-state index in [1.54, 1.807) is 11.1 Å². The van der Waals surface area contributed by atoms with Crippen LogP contribution >= 0.6 is 0 Å². The predicted octanol–water partition coefficient (Wildman–Crippen LogP) is 5.69. The van der Waals surface area contributed by atoms with E-state index in [0.717, 1.165) is 17.8 Å².